The van der Waals surface area contributed by atoms with Crippen molar-refractivity contribution < 1.29 is 18.3 Å². The molecular formula is C11H10N2O4S2. The predicted molar refractivity (Wildman–Crippen MR) is 69.3 cm³/mol. The van der Waals surface area contributed by atoms with E-state index in [9.17, 15) is 13.2 Å². The summed E-state index contributed by atoms with van der Waals surface area (Å²) < 4.78 is 29.8. The fourth-order valence-corrected chi connectivity index (χ4v) is 3.38. The number of rotatable bonds is 5. The lowest BCUT2D eigenvalue weighted by atomic mass is 10.1. The number of nitrogens with one attached hydrogen (secondary N) is 1. The number of hydrogen-bond donors (Lipinski definition) is 2. The fraction of sp³-hybridized carbons (Fsp3) is 0.0909. The first kappa shape index (κ1) is 13.7. The Kier molecular flexibility index (Phi) is 3.93. The smallest absolute Gasteiger partial charge is 0.326 e. The number of aliphatic carboxylic acids is 1. The van der Waals surface area contributed by atoms with Crippen molar-refractivity contribution in [2.75, 3.05) is 0 Å². The quantitative estimate of drug-likeness (QED) is 0.866. The summed E-state index contributed by atoms with van der Waals surface area (Å²) >= 11 is 0.785. The highest BCUT2D eigenvalue weighted by atomic mass is 32.2. The van der Waals surface area contributed by atoms with E-state index in [0.29, 0.717) is 5.56 Å². The SMILES string of the molecule is O=C(O)[C@H](NS(=O)(=O)c1ccns1)c1ccccc1. The molecule has 1 aromatic carbocycles. The van der Waals surface area contributed by atoms with Crippen LogP contribution in [0.5, 0.6) is 0 Å². The van der Waals surface area contributed by atoms with E-state index >= 15 is 0 Å². The van der Waals surface area contributed by atoms with Gasteiger partial charge < -0.3 is 5.11 Å². The van der Waals surface area contributed by atoms with Gasteiger partial charge in [-0.15, -0.1) is 0 Å². The number of sulfonamides is 1. The minimum absolute atomic E-state index is 0.0188. The van der Waals surface area contributed by atoms with E-state index in [1.165, 1.54) is 12.3 Å². The van der Waals surface area contributed by atoms with Crippen LogP contribution in [0.2, 0.25) is 0 Å². The Bertz CT molecular complexity index is 653. The van der Waals surface area contributed by atoms with Gasteiger partial charge >= 0.3 is 5.97 Å². The van der Waals surface area contributed by atoms with Crippen molar-refractivity contribution in [2.45, 2.75) is 10.3 Å². The van der Waals surface area contributed by atoms with Gasteiger partial charge in [-0.25, -0.2) is 8.42 Å². The number of nitrogens with zero attached hydrogens (tertiary/aromatic N) is 1. The molecule has 0 aliphatic heterocycles. The zero-order valence-corrected chi connectivity index (χ0v) is 11.2. The molecule has 0 saturated carbocycles. The first-order valence-electron chi connectivity index (χ1n) is 5.21. The second-order valence-corrected chi connectivity index (χ2v) is 6.41. The standard InChI is InChI=1S/C11H10N2O4S2/c14-11(15)10(8-4-2-1-3-5-8)13-19(16,17)9-6-7-12-18-9/h1-7,10,13H,(H,14,15)/t10-/m1/s1. The summed E-state index contributed by atoms with van der Waals surface area (Å²) in [4.78, 5) is 11.2. The molecule has 6 nitrogen and oxygen atoms in total. The zero-order chi connectivity index (χ0) is 13.9. The average molecular weight is 298 g/mol. The summed E-state index contributed by atoms with van der Waals surface area (Å²) in [6.45, 7) is 0. The van der Waals surface area contributed by atoms with E-state index in [0.717, 1.165) is 11.5 Å². The van der Waals surface area contributed by atoms with Crippen molar-refractivity contribution in [2.24, 2.45) is 0 Å². The summed E-state index contributed by atoms with van der Waals surface area (Å²) in [6, 6.07) is 8.10. The molecule has 0 amide bonds. The first-order chi connectivity index (χ1) is 9.00. The van der Waals surface area contributed by atoms with Crippen LogP contribution in [0.3, 0.4) is 0 Å². The summed E-state index contributed by atoms with van der Waals surface area (Å²) in [5, 5.41) is 9.15. The molecule has 0 radical (unpaired) electrons. The molecule has 2 rings (SSSR count). The number of hydrogen-bond acceptors (Lipinski definition) is 5. The number of carboxylic acid groups (broad SMARTS) is 1. The molecule has 0 unspecified atom stereocenters. The largest absolute Gasteiger partial charge is 0.480 e. The van der Waals surface area contributed by atoms with E-state index in [2.05, 4.69) is 9.10 Å². The topological polar surface area (TPSA) is 96.4 Å². The van der Waals surface area contributed by atoms with Crippen LogP contribution in [0.25, 0.3) is 0 Å². The summed E-state index contributed by atoms with van der Waals surface area (Å²) in [5.74, 6) is -1.26. The average Bonchev–Trinajstić information content (AvgIpc) is 2.91. The Morgan fingerprint density at radius 2 is 1.95 bits per heavy atom. The van der Waals surface area contributed by atoms with Crippen LogP contribution in [-0.2, 0) is 14.8 Å². The maximum atomic E-state index is 12.0. The van der Waals surface area contributed by atoms with Gasteiger partial charge in [0.25, 0.3) is 10.0 Å². The number of benzene rings is 1. The molecule has 1 heterocycles. The van der Waals surface area contributed by atoms with E-state index in [1.54, 1.807) is 30.3 Å². The van der Waals surface area contributed by atoms with E-state index in [1.807, 2.05) is 0 Å². The van der Waals surface area contributed by atoms with Gasteiger partial charge in [0.15, 0.2) is 4.21 Å². The van der Waals surface area contributed by atoms with Crippen LogP contribution < -0.4 is 4.72 Å². The molecule has 0 spiro atoms. The Labute approximate surface area is 113 Å². The first-order valence-corrected chi connectivity index (χ1v) is 7.47. The van der Waals surface area contributed by atoms with Crippen LogP contribution in [0, 0.1) is 0 Å². The monoisotopic (exact) mass is 298 g/mol. The van der Waals surface area contributed by atoms with Gasteiger partial charge in [0.1, 0.15) is 6.04 Å². The Balaban J connectivity index is 2.31. The molecule has 8 heteroatoms. The van der Waals surface area contributed by atoms with Gasteiger partial charge in [0.2, 0.25) is 0 Å². The van der Waals surface area contributed by atoms with Gasteiger partial charge in [-0.2, -0.15) is 9.10 Å². The zero-order valence-electron chi connectivity index (χ0n) is 9.55. The van der Waals surface area contributed by atoms with E-state index < -0.39 is 22.0 Å². The molecule has 1 aromatic heterocycles. The molecule has 0 aliphatic carbocycles. The molecule has 1 atom stereocenters. The Hall–Kier alpha value is -1.77. The Morgan fingerprint density at radius 3 is 2.47 bits per heavy atom. The van der Waals surface area contributed by atoms with Crippen molar-refractivity contribution in [3.05, 3.63) is 48.2 Å². The van der Waals surface area contributed by atoms with Gasteiger partial charge in [0.05, 0.1) is 0 Å². The molecule has 100 valence electrons. The highest BCUT2D eigenvalue weighted by Gasteiger charge is 2.27. The molecule has 19 heavy (non-hydrogen) atoms. The highest BCUT2D eigenvalue weighted by Crippen LogP contribution is 2.19. The van der Waals surface area contributed by atoms with Gasteiger partial charge in [0, 0.05) is 6.20 Å². The molecule has 0 bridgehead atoms. The van der Waals surface area contributed by atoms with Crippen molar-refractivity contribution in [3.8, 4) is 0 Å². The third-order valence-corrected chi connectivity index (χ3v) is 4.97. The van der Waals surface area contributed by atoms with Crippen LogP contribution in [0.15, 0.2) is 46.8 Å². The van der Waals surface area contributed by atoms with Crippen LogP contribution in [0.4, 0.5) is 0 Å². The van der Waals surface area contributed by atoms with Crippen molar-refractivity contribution >= 4 is 27.5 Å². The minimum Gasteiger partial charge on any atom is -0.480 e. The van der Waals surface area contributed by atoms with E-state index in [4.69, 9.17) is 5.11 Å². The van der Waals surface area contributed by atoms with Crippen molar-refractivity contribution in [1.82, 2.24) is 9.10 Å². The number of carbonyl (C=O) groups is 1. The predicted octanol–water partition coefficient (Wildman–Crippen LogP) is 1.25. The van der Waals surface area contributed by atoms with Gasteiger partial charge in [-0.3, -0.25) is 4.79 Å². The Morgan fingerprint density at radius 1 is 1.26 bits per heavy atom. The lowest BCUT2D eigenvalue weighted by molar-refractivity contribution is -0.139. The lowest BCUT2D eigenvalue weighted by Crippen LogP contribution is -2.33. The molecule has 2 N–H and O–H groups in total. The lowest BCUT2D eigenvalue weighted by Gasteiger charge is -2.14. The van der Waals surface area contributed by atoms with Gasteiger partial charge in [-0.05, 0) is 23.2 Å². The van der Waals surface area contributed by atoms with Gasteiger partial charge in [-0.1, -0.05) is 30.3 Å². The number of aromatic nitrogens is 1. The molecular weight excluding hydrogens is 288 g/mol. The maximum Gasteiger partial charge on any atom is 0.326 e. The third kappa shape index (κ3) is 3.16. The minimum atomic E-state index is -3.88. The second-order valence-electron chi connectivity index (χ2n) is 3.63. The van der Waals surface area contributed by atoms with E-state index in [-0.39, 0.29) is 4.21 Å². The second kappa shape index (κ2) is 5.47. The van der Waals surface area contributed by atoms with Crippen LogP contribution in [0.1, 0.15) is 11.6 Å². The summed E-state index contributed by atoms with van der Waals surface area (Å²) in [7, 11) is -3.88. The molecule has 2 aromatic rings. The van der Waals surface area contributed by atoms with Crippen LogP contribution in [-0.4, -0.2) is 23.9 Å². The number of carboxylic acids is 1. The van der Waals surface area contributed by atoms with Crippen LogP contribution >= 0.6 is 11.5 Å². The maximum absolute atomic E-state index is 12.0. The molecule has 0 aliphatic rings. The van der Waals surface area contributed by atoms with Crippen molar-refractivity contribution in [3.63, 3.8) is 0 Å². The summed E-state index contributed by atoms with van der Waals surface area (Å²) in [6.07, 6.45) is 1.34. The molecule has 0 saturated heterocycles. The fourth-order valence-electron chi connectivity index (χ4n) is 1.46. The van der Waals surface area contributed by atoms with Crippen molar-refractivity contribution in [1.29, 1.82) is 0 Å². The normalized spacial score (nSPS) is 13.1. The highest BCUT2D eigenvalue weighted by molar-refractivity contribution is 7.91. The molecule has 0 fully saturated rings. The summed E-state index contributed by atoms with van der Waals surface area (Å²) in [5.41, 5.74) is 0.364. The third-order valence-electron chi connectivity index (χ3n) is 2.33.